The first-order valence-electron chi connectivity index (χ1n) is 8.39. The van der Waals surface area contributed by atoms with Crippen LogP contribution in [-0.2, 0) is 14.8 Å². The average Bonchev–Trinajstić information content (AvgIpc) is 2.57. The number of halogens is 1. The molecular formula is C17H29ClN2O4S. The van der Waals surface area contributed by atoms with E-state index in [0.717, 1.165) is 25.7 Å². The molecule has 25 heavy (non-hydrogen) atoms. The summed E-state index contributed by atoms with van der Waals surface area (Å²) < 4.78 is 38.8. The van der Waals surface area contributed by atoms with Crippen molar-refractivity contribution < 1.29 is 17.9 Å². The van der Waals surface area contributed by atoms with E-state index in [9.17, 15) is 8.42 Å². The van der Waals surface area contributed by atoms with Crippen molar-refractivity contribution in [2.24, 2.45) is 11.7 Å². The Morgan fingerprint density at radius 1 is 1.24 bits per heavy atom. The van der Waals surface area contributed by atoms with Crippen LogP contribution in [0.5, 0.6) is 5.75 Å². The fraction of sp³-hybridized carbons (Fsp3) is 0.647. The molecule has 0 spiro atoms. The molecule has 0 heterocycles. The number of nitrogens with one attached hydrogen (secondary N) is 1. The van der Waals surface area contributed by atoms with Gasteiger partial charge in [0.2, 0.25) is 10.0 Å². The van der Waals surface area contributed by atoms with Crippen LogP contribution in [0.25, 0.3) is 0 Å². The lowest BCUT2D eigenvalue weighted by molar-refractivity contribution is 0.146. The van der Waals surface area contributed by atoms with Gasteiger partial charge in [0, 0.05) is 19.2 Å². The van der Waals surface area contributed by atoms with Gasteiger partial charge in [0.25, 0.3) is 0 Å². The van der Waals surface area contributed by atoms with Crippen molar-refractivity contribution in [3.8, 4) is 5.75 Å². The van der Waals surface area contributed by atoms with Crippen LogP contribution in [-0.4, -0.2) is 40.8 Å². The topological polar surface area (TPSA) is 90.6 Å². The summed E-state index contributed by atoms with van der Waals surface area (Å²) in [6.45, 7) is 3.29. The van der Waals surface area contributed by atoms with Gasteiger partial charge in [0.1, 0.15) is 12.4 Å². The Kier molecular flexibility index (Phi) is 8.63. The maximum Gasteiger partial charge on any atom is 0.241 e. The molecule has 1 fully saturated rings. The number of sulfonamides is 1. The van der Waals surface area contributed by atoms with Crippen LogP contribution in [0.2, 0.25) is 0 Å². The molecule has 8 heteroatoms. The van der Waals surface area contributed by atoms with Gasteiger partial charge < -0.3 is 15.2 Å². The molecular weight excluding hydrogens is 364 g/mol. The van der Waals surface area contributed by atoms with Crippen molar-refractivity contribution in [3.05, 3.63) is 24.3 Å². The fourth-order valence-corrected chi connectivity index (χ4v) is 4.73. The van der Waals surface area contributed by atoms with E-state index in [1.54, 1.807) is 31.4 Å². The number of rotatable bonds is 8. The molecule has 2 atom stereocenters. The van der Waals surface area contributed by atoms with Crippen molar-refractivity contribution in [1.29, 1.82) is 0 Å². The summed E-state index contributed by atoms with van der Waals surface area (Å²) in [6, 6.07) is 6.43. The fourth-order valence-electron chi connectivity index (χ4n) is 3.19. The zero-order chi connectivity index (χ0) is 17.6. The van der Waals surface area contributed by atoms with Crippen molar-refractivity contribution >= 4 is 22.4 Å². The van der Waals surface area contributed by atoms with E-state index in [1.165, 1.54) is 0 Å². The minimum Gasteiger partial charge on any atom is -0.491 e. The number of nitrogens with two attached hydrogens (primary N) is 1. The van der Waals surface area contributed by atoms with Gasteiger partial charge in [-0.05, 0) is 43.0 Å². The molecule has 1 aliphatic carbocycles. The highest BCUT2D eigenvalue weighted by molar-refractivity contribution is 7.89. The molecule has 0 saturated heterocycles. The van der Waals surface area contributed by atoms with Crippen molar-refractivity contribution in [2.75, 3.05) is 26.9 Å². The van der Waals surface area contributed by atoms with E-state index >= 15 is 0 Å². The van der Waals surface area contributed by atoms with Gasteiger partial charge in [0.05, 0.1) is 11.5 Å². The summed E-state index contributed by atoms with van der Waals surface area (Å²) in [5.41, 5.74) is 5.40. The van der Waals surface area contributed by atoms with E-state index in [-0.39, 0.29) is 23.2 Å². The Morgan fingerprint density at radius 3 is 2.48 bits per heavy atom. The third-order valence-electron chi connectivity index (χ3n) is 4.85. The summed E-state index contributed by atoms with van der Waals surface area (Å²) in [4.78, 5) is 0.229. The predicted molar refractivity (Wildman–Crippen MR) is 101 cm³/mol. The molecule has 3 N–H and O–H groups in total. The molecule has 6 nitrogen and oxygen atoms in total. The number of hydrogen-bond donors (Lipinski definition) is 2. The Bertz CT molecular complexity index is 624. The van der Waals surface area contributed by atoms with E-state index in [2.05, 4.69) is 11.6 Å². The van der Waals surface area contributed by atoms with Gasteiger partial charge in [-0.15, -0.1) is 12.4 Å². The molecule has 0 aromatic heterocycles. The molecule has 0 aliphatic heterocycles. The largest absolute Gasteiger partial charge is 0.491 e. The molecule has 0 bridgehead atoms. The molecule has 0 amide bonds. The van der Waals surface area contributed by atoms with Crippen LogP contribution in [0.4, 0.5) is 0 Å². The lowest BCUT2D eigenvalue weighted by Gasteiger charge is -2.42. The monoisotopic (exact) mass is 392 g/mol. The van der Waals surface area contributed by atoms with Gasteiger partial charge in [0.15, 0.2) is 0 Å². The Labute approximate surface area is 156 Å². The number of hydrogen-bond acceptors (Lipinski definition) is 5. The molecule has 1 aromatic rings. The zero-order valence-corrected chi connectivity index (χ0v) is 16.5. The molecule has 1 saturated carbocycles. The van der Waals surface area contributed by atoms with Crippen LogP contribution in [0.15, 0.2) is 29.2 Å². The van der Waals surface area contributed by atoms with Crippen LogP contribution in [0, 0.1) is 5.92 Å². The second-order valence-electron chi connectivity index (χ2n) is 6.43. The van der Waals surface area contributed by atoms with E-state index < -0.39 is 15.6 Å². The van der Waals surface area contributed by atoms with Gasteiger partial charge >= 0.3 is 0 Å². The smallest absolute Gasteiger partial charge is 0.241 e. The second kappa shape index (κ2) is 9.73. The summed E-state index contributed by atoms with van der Waals surface area (Å²) >= 11 is 0. The minimum atomic E-state index is -3.62. The third kappa shape index (κ3) is 5.56. The highest BCUT2D eigenvalue weighted by Crippen LogP contribution is 2.34. The molecule has 2 unspecified atom stereocenters. The SMILES string of the molecule is COCCOc1ccc(S(=O)(=O)NC2(CN)CCCCC2C)cc1.Cl. The Morgan fingerprint density at radius 2 is 1.92 bits per heavy atom. The average molecular weight is 393 g/mol. The summed E-state index contributed by atoms with van der Waals surface area (Å²) in [5, 5.41) is 0. The Balaban J connectivity index is 0.00000312. The highest BCUT2D eigenvalue weighted by Gasteiger charge is 2.40. The first kappa shape index (κ1) is 22.2. The third-order valence-corrected chi connectivity index (χ3v) is 6.41. The van der Waals surface area contributed by atoms with Gasteiger partial charge in [-0.2, -0.15) is 0 Å². The molecule has 144 valence electrons. The maximum atomic E-state index is 12.8. The van der Waals surface area contributed by atoms with Crippen LogP contribution in [0.1, 0.15) is 32.6 Å². The maximum absolute atomic E-state index is 12.8. The van der Waals surface area contributed by atoms with Crippen LogP contribution >= 0.6 is 12.4 Å². The predicted octanol–water partition coefficient (Wildman–Crippen LogP) is 2.32. The lowest BCUT2D eigenvalue weighted by atomic mass is 9.74. The number of methoxy groups -OCH3 is 1. The first-order valence-corrected chi connectivity index (χ1v) is 9.88. The lowest BCUT2D eigenvalue weighted by Crippen LogP contribution is -2.58. The van der Waals surface area contributed by atoms with Gasteiger partial charge in [-0.1, -0.05) is 19.8 Å². The first-order chi connectivity index (χ1) is 11.4. The Hall–Kier alpha value is -0.860. The second-order valence-corrected chi connectivity index (χ2v) is 8.11. The van der Waals surface area contributed by atoms with Crippen LogP contribution < -0.4 is 15.2 Å². The van der Waals surface area contributed by atoms with E-state index in [1.807, 2.05) is 0 Å². The van der Waals surface area contributed by atoms with E-state index in [4.69, 9.17) is 15.2 Å². The molecule has 1 aromatic carbocycles. The summed E-state index contributed by atoms with van der Waals surface area (Å²) in [5.74, 6) is 0.841. The zero-order valence-electron chi connectivity index (χ0n) is 14.9. The summed E-state index contributed by atoms with van der Waals surface area (Å²) in [7, 11) is -2.01. The van der Waals surface area contributed by atoms with E-state index in [0.29, 0.717) is 25.5 Å². The number of benzene rings is 1. The standard InChI is InChI=1S/C17H28N2O4S.ClH/c1-14-5-3-4-10-17(14,13-18)19-24(20,21)16-8-6-15(7-9-16)23-12-11-22-2;/h6-9,14,19H,3-5,10-13,18H2,1-2H3;1H. The van der Waals surface area contributed by atoms with Gasteiger partial charge in [-0.3, -0.25) is 0 Å². The van der Waals surface area contributed by atoms with Crippen molar-refractivity contribution in [2.45, 2.75) is 43.0 Å². The number of ether oxygens (including phenoxy) is 2. The summed E-state index contributed by atoms with van der Waals surface area (Å²) in [6.07, 6.45) is 3.89. The quantitative estimate of drug-likeness (QED) is 0.662. The minimum absolute atomic E-state index is 0. The van der Waals surface area contributed by atoms with Crippen molar-refractivity contribution in [1.82, 2.24) is 4.72 Å². The molecule has 1 aliphatic rings. The van der Waals surface area contributed by atoms with Gasteiger partial charge in [-0.25, -0.2) is 13.1 Å². The molecule has 2 rings (SSSR count). The highest BCUT2D eigenvalue weighted by atomic mass is 35.5. The molecule has 0 radical (unpaired) electrons. The van der Waals surface area contributed by atoms with Crippen molar-refractivity contribution in [3.63, 3.8) is 0 Å². The normalized spacial score (nSPS) is 23.7. The van der Waals surface area contributed by atoms with Crippen LogP contribution in [0.3, 0.4) is 0 Å².